The van der Waals surface area contributed by atoms with Gasteiger partial charge in [-0.05, 0) is 76.9 Å². The number of nitriles is 2. The third-order valence-corrected chi connectivity index (χ3v) is 10.2. The SMILES string of the molecule is CC1(C)Oc2ccc(C#N)cc2[C@@H](N2CCCC2=O)[C@H]1OP(=O)(O)O.CC1(C)Oc2ccc(C#N)cc2[C@H](N2CCCC2=O)[C@@H]1OP(C)(=O)O. The van der Waals surface area contributed by atoms with Crippen molar-refractivity contribution in [3.05, 3.63) is 58.7 Å². The number of amides is 2. The monoisotopic (exact) mass is 730 g/mol. The number of likely N-dealkylation sites (tertiary alicyclic amines) is 2. The van der Waals surface area contributed by atoms with Gasteiger partial charge in [0.15, 0.2) is 0 Å². The smallest absolute Gasteiger partial charge is 0.470 e. The molecule has 3 N–H and O–H groups in total. The topological polar surface area (TPSA) is 220 Å². The third-order valence-electron chi connectivity index (χ3n) is 9.06. The van der Waals surface area contributed by atoms with Gasteiger partial charge in [0.1, 0.15) is 34.9 Å². The number of carbonyl (C=O) groups is 2. The lowest BCUT2D eigenvalue weighted by atomic mass is 9.85. The van der Waals surface area contributed by atoms with Crippen molar-refractivity contribution in [2.45, 2.75) is 88.9 Å². The third kappa shape index (κ3) is 7.91. The Bertz CT molecular complexity index is 1720. The summed E-state index contributed by atoms with van der Waals surface area (Å²) < 4.78 is 45.9. The average molecular weight is 731 g/mol. The van der Waals surface area contributed by atoms with Crippen molar-refractivity contribution in [2.75, 3.05) is 19.8 Å². The second-order valence-electron chi connectivity index (χ2n) is 13.8. The van der Waals surface area contributed by atoms with Crippen LogP contribution in [0.4, 0.5) is 0 Å². The van der Waals surface area contributed by atoms with Crippen molar-refractivity contribution in [3.63, 3.8) is 0 Å². The summed E-state index contributed by atoms with van der Waals surface area (Å²) in [4.78, 5) is 56.5. The molecule has 1 unspecified atom stereocenters. The molecule has 268 valence electrons. The van der Waals surface area contributed by atoms with Crippen LogP contribution < -0.4 is 9.47 Å². The highest BCUT2D eigenvalue weighted by Crippen LogP contribution is 2.53. The lowest BCUT2D eigenvalue weighted by Crippen LogP contribution is -2.54. The number of carbonyl (C=O) groups excluding carboxylic acids is 2. The molecule has 4 aliphatic heterocycles. The van der Waals surface area contributed by atoms with Gasteiger partial charge in [-0.2, -0.15) is 10.5 Å². The van der Waals surface area contributed by atoms with E-state index in [-0.39, 0.29) is 11.8 Å². The lowest BCUT2D eigenvalue weighted by Gasteiger charge is -2.47. The van der Waals surface area contributed by atoms with Gasteiger partial charge in [-0.3, -0.25) is 23.2 Å². The van der Waals surface area contributed by atoms with Crippen molar-refractivity contribution >= 4 is 27.2 Å². The van der Waals surface area contributed by atoms with E-state index in [2.05, 4.69) is 6.07 Å². The molecule has 2 aromatic carbocycles. The van der Waals surface area contributed by atoms with Crippen molar-refractivity contribution in [3.8, 4) is 23.6 Å². The minimum atomic E-state index is -4.83. The number of phosphoric acid groups is 1. The summed E-state index contributed by atoms with van der Waals surface area (Å²) in [6.07, 6.45) is 0.258. The first-order valence-corrected chi connectivity index (χ1v) is 19.6. The molecule has 2 amide bonds. The first kappa shape index (κ1) is 37.5. The zero-order chi connectivity index (χ0) is 36.8. The Balaban J connectivity index is 0.000000194. The Morgan fingerprint density at radius 1 is 0.760 bits per heavy atom. The van der Waals surface area contributed by atoms with E-state index in [9.17, 15) is 43.9 Å². The van der Waals surface area contributed by atoms with Crippen LogP contribution in [-0.4, -0.2) is 79.5 Å². The van der Waals surface area contributed by atoms with Crippen LogP contribution in [0.25, 0.3) is 0 Å². The Morgan fingerprint density at radius 3 is 1.48 bits per heavy atom. The molecule has 0 spiro atoms. The fraction of sp³-hybridized carbons (Fsp3) is 0.515. The van der Waals surface area contributed by atoms with E-state index in [4.69, 9.17) is 18.5 Å². The molecule has 50 heavy (non-hydrogen) atoms. The van der Waals surface area contributed by atoms with E-state index < -0.39 is 50.9 Å². The summed E-state index contributed by atoms with van der Waals surface area (Å²) in [5.74, 6) is 0.875. The van der Waals surface area contributed by atoms with Gasteiger partial charge < -0.3 is 34.0 Å². The molecule has 2 aromatic rings. The highest BCUT2D eigenvalue weighted by molar-refractivity contribution is 7.51. The van der Waals surface area contributed by atoms with Gasteiger partial charge in [0.05, 0.1) is 35.3 Å². The normalized spacial score (nSPS) is 26.2. The van der Waals surface area contributed by atoms with Crippen LogP contribution in [0.1, 0.15) is 87.7 Å². The Morgan fingerprint density at radius 2 is 1.16 bits per heavy atom. The summed E-state index contributed by atoms with van der Waals surface area (Å²) in [5.41, 5.74) is -0.0623. The zero-order valence-electron chi connectivity index (χ0n) is 28.3. The predicted octanol–water partition coefficient (Wildman–Crippen LogP) is 4.46. The summed E-state index contributed by atoms with van der Waals surface area (Å²) in [5, 5.41) is 18.4. The molecule has 0 saturated carbocycles. The van der Waals surface area contributed by atoms with E-state index in [1.54, 1.807) is 73.9 Å². The van der Waals surface area contributed by atoms with Gasteiger partial charge >= 0.3 is 15.4 Å². The molecule has 6 rings (SSSR count). The van der Waals surface area contributed by atoms with E-state index in [1.807, 2.05) is 6.07 Å². The van der Waals surface area contributed by atoms with Crippen molar-refractivity contribution in [2.24, 2.45) is 0 Å². The number of hydrogen-bond acceptors (Lipinski definition) is 10. The second-order valence-corrected chi connectivity index (χ2v) is 16.8. The number of fused-ring (bicyclic) bond motifs is 2. The Hall–Kier alpha value is -3.78. The molecular weight excluding hydrogens is 690 g/mol. The van der Waals surface area contributed by atoms with Crippen molar-refractivity contribution in [1.82, 2.24) is 9.80 Å². The molecule has 2 saturated heterocycles. The van der Waals surface area contributed by atoms with Gasteiger partial charge in [0.25, 0.3) is 0 Å². The highest BCUT2D eigenvalue weighted by atomic mass is 31.2. The quantitative estimate of drug-likeness (QED) is 0.350. The summed E-state index contributed by atoms with van der Waals surface area (Å²) in [7, 11) is -8.65. The van der Waals surface area contributed by atoms with E-state index >= 15 is 0 Å². The maximum absolute atomic E-state index is 12.4. The van der Waals surface area contributed by atoms with Crippen LogP contribution in [0.15, 0.2) is 36.4 Å². The molecule has 4 heterocycles. The fourth-order valence-electron chi connectivity index (χ4n) is 6.97. The van der Waals surface area contributed by atoms with E-state index in [0.29, 0.717) is 66.1 Å². The molecule has 5 atom stereocenters. The molecule has 2 fully saturated rings. The van der Waals surface area contributed by atoms with Crippen molar-refractivity contribution < 1.29 is 51.9 Å². The molecule has 0 aromatic heterocycles. The molecular formula is C33H40N4O11P2. The summed E-state index contributed by atoms with van der Waals surface area (Å²) in [6.45, 7) is 8.95. The van der Waals surface area contributed by atoms with Gasteiger partial charge in [-0.15, -0.1) is 0 Å². The Labute approximate surface area is 290 Å². The minimum Gasteiger partial charge on any atom is -0.485 e. The predicted molar refractivity (Wildman–Crippen MR) is 177 cm³/mol. The van der Waals surface area contributed by atoms with Crippen LogP contribution in [-0.2, 0) is 27.8 Å². The molecule has 0 bridgehead atoms. The Kier molecular flexibility index (Phi) is 10.3. The fourth-order valence-corrected chi connectivity index (χ4v) is 8.43. The number of benzene rings is 2. The van der Waals surface area contributed by atoms with E-state index in [0.717, 1.165) is 13.1 Å². The molecule has 15 nitrogen and oxygen atoms in total. The van der Waals surface area contributed by atoms with Crippen LogP contribution in [0.5, 0.6) is 11.5 Å². The zero-order valence-corrected chi connectivity index (χ0v) is 30.1. The lowest BCUT2D eigenvalue weighted by molar-refractivity contribution is -0.139. The first-order chi connectivity index (χ1) is 23.2. The van der Waals surface area contributed by atoms with Crippen LogP contribution in [0.2, 0.25) is 0 Å². The molecule has 0 aliphatic carbocycles. The molecule has 4 aliphatic rings. The second kappa shape index (κ2) is 13.7. The first-order valence-electron chi connectivity index (χ1n) is 16.0. The largest absolute Gasteiger partial charge is 0.485 e. The number of rotatable bonds is 6. The van der Waals surface area contributed by atoms with Gasteiger partial charge in [0.2, 0.25) is 11.8 Å². The number of ether oxygens (including phenoxy) is 2. The van der Waals surface area contributed by atoms with Gasteiger partial charge in [-0.1, -0.05) is 0 Å². The molecule has 0 radical (unpaired) electrons. The maximum atomic E-state index is 12.4. The van der Waals surface area contributed by atoms with Gasteiger partial charge in [-0.25, -0.2) is 4.57 Å². The summed E-state index contributed by atoms with van der Waals surface area (Å²) >= 11 is 0. The van der Waals surface area contributed by atoms with Crippen molar-refractivity contribution in [1.29, 1.82) is 10.5 Å². The highest BCUT2D eigenvalue weighted by Gasteiger charge is 2.52. The van der Waals surface area contributed by atoms with E-state index in [1.165, 1.54) is 0 Å². The van der Waals surface area contributed by atoms with Crippen LogP contribution >= 0.6 is 15.4 Å². The molecule has 17 heteroatoms. The minimum absolute atomic E-state index is 0.0338. The number of phosphoric ester groups is 1. The van der Waals surface area contributed by atoms with Crippen LogP contribution in [0, 0.1) is 22.7 Å². The summed E-state index contributed by atoms with van der Waals surface area (Å²) in [6, 6.07) is 12.6. The maximum Gasteiger partial charge on any atom is 0.470 e. The average Bonchev–Trinajstić information content (AvgIpc) is 3.63. The van der Waals surface area contributed by atoms with Crippen LogP contribution in [0.3, 0.4) is 0 Å². The van der Waals surface area contributed by atoms with Gasteiger partial charge in [0, 0.05) is 43.7 Å². The standard InChI is InChI=1S/C17H21N2O5P.C16H19N2O6P/c1-17(2)16(24-25(3,21)22)15(19-8-4-5-14(19)20)12-9-11(10-18)6-7-13(12)23-17;1-16(2)15(24-25(20,21)22)14(18-7-3-4-13(18)19)11-8-10(9-17)5-6-12(11)23-16/h6-7,9,15-16H,4-5,8H2,1-3H3,(H,21,22);5-6,8,14-15H,3-4,7H2,1-2H3,(H2,20,21,22)/t15-,16-;14-,15-/m01/s1. The number of nitrogens with zero attached hydrogens (tertiary/aromatic N) is 4. The number of hydrogen-bond donors (Lipinski definition) is 3.